The van der Waals surface area contributed by atoms with Crippen LogP contribution in [-0.4, -0.2) is 37.1 Å². The molecule has 14 heavy (non-hydrogen) atoms. The summed E-state index contributed by atoms with van der Waals surface area (Å²) in [6, 6.07) is 0.879. The summed E-state index contributed by atoms with van der Waals surface area (Å²) in [4.78, 5) is 2.63. The molecule has 1 atom stereocenters. The van der Waals surface area contributed by atoms with Crippen molar-refractivity contribution in [2.24, 2.45) is 5.92 Å². The summed E-state index contributed by atoms with van der Waals surface area (Å²) in [5.74, 6) is 1.00. The van der Waals surface area contributed by atoms with Crippen molar-refractivity contribution in [3.8, 4) is 0 Å². The average Bonchev–Trinajstić information content (AvgIpc) is 2.88. The Hall–Kier alpha value is -0.0800. The quantitative estimate of drug-likeness (QED) is 0.697. The lowest BCUT2D eigenvalue weighted by Crippen LogP contribution is -2.31. The summed E-state index contributed by atoms with van der Waals surface area (Å²) in [5.41, 5.74) is 0. The van der Waals surface area contributed by atoms with Crippen LogP contribution in [0, 0.1) is 5.92 Å². The average molecular weight is 196 g/mol. The van der Waals surface area contributed by atoms with Gasteiger partial charge in [0.2, 0.25) is 0 Å². The molecule has 1 unspecified atom stereocenters. The zero-order valence-electron chi connectivity index (χ0n) is 9.47. The normalized spacial score (nSPS) is 28.5. The number of likely N-dealkylation sites (tertiary alicyclic amines) is 1. The maximum absolute atomic E-state index is 3.59. The Balaban J connectivity index is 1.53. The summed E-state index contributed by atoms with van der Waals surface area (Å²) in [6.45, 7) is 7.49. The molecule has 82 valence electrons. The van der Waals surface area contributed by atoms with Crippen LogP contribution in [0.4, 0.5) is 0 Å². The molecule has 2 heteroatoms. The molecular formula is C12H24N2. The van der Waals surface area contributed by atoms with E-state index in [2.05, 4.69) is 17.1 Å². The maximum Gasteiger partial charge on any atom is 0.0107 e. The third kappa shape index (κ3) is 3.25. The Labute approximate surface area is 88.1 Å². The Morgan fingerprint density at radius 1 is 1.29 bits per heavy atom. The van der Waals surface area contributed by atoms with Gasteiger partial charge in [0.1, 0.15) is 0 Å². The van der Waals surface area contributed by atoms with E-state index in [1.165, 1.54) is 58.3 Å². The Kier molecular flexibility index (Phi) is 3.82. The molecule has 0 aromatic heterocycles. The minimum absolute atomic E-state index is 0.879. The molecule has 2 rings (SSSR count). The first-order valence-electron chi connectivity index (χ1n) is 6.34. The first-order chi connectivity index (χ1) is 6.88. The van der Waals surface area contributed by atoms with Gasteiger partial charge in [-0.05, 0) is 38.1 Å². The molecule has 1 saturated carbocycles. The van der Waals surface area contributed by atoms with Gasteiger partial charge in [-0.2, -0.15) is 0 Å². The molecule has 0 aromatic rings. The van der Waals surface area contributed by atoms with E-state index in [9.17, 15) is 0 Å². The Morgan fingerprint density at radius 2 is 2.14 bits per heavy atom. The zero-order valence-corrected chi connectivity index (χ0v) is 9.47. The monoisotopic (exact) mass is 196 g/mol. The van der Waals surface area contributed by atoms with Crippen LogP contribution in [0.1, 0.15) is 39.0 Å². The number of rotatable bonds is 6. The topological polar surface area (TPSA) is 15.3 Å². The molecule has 2 fully saturated rings. The van der Waals surface area contributed by atoms with Crippen molar-refractivity contribution in [2.75, 3.05) is 26.2 Å². The summed E-state index contributed by atoms with van der Waals surface area (Å²) in [5, 5.41) is 3.59. The molecule has 1 aliphatic carbocycles. The van der Waals surface area contributed by atoms with Crippen molar-refractivity contribution >= 4 is 0 Å². The summed E-state index contributed by atoms with van der Waals surface area (Å²) in [6.07, 6.45) is 7.07. The molecule has 1 heterocycles. The first kappa shape index (κ1) is 10.4. The standard InChI is InChI=1S/C12H24N2/c1-2-3-11-6-8-14(10-11)9-7-13-12-4-5-12/h11-13H,2-10H2,1H3. The van der Waals surface area contributed by atoms with Gasteiger partial charge in [0.25, 0.3) is 0 Å². The van der Waals surface area contributed by atoms with E-state index in [0.29, 0.717) is 0 Å². The molecule has 0 bridgehead atoms. The lowest BCUT2D eigenvalue weighted by atomic mass is 10.0. The van der Waals surface area contributed by atoms with Crippen LogP contribution in [0.3, 0.4) is 0 Å². The van der Waals surface area contributed by atoms with Crippen LogP contribution in [0.5, 0.6) is 0 Å². The van der Waals surface area contributed by atoms with Crippen LogP contribution in [-0.2, 0) is 0 Å². The molecule has 1 aliphatic heterocycles. The Bertz CT molecular complexity index is 166. The highest BCUT2D eigenvalue weighted by Crippen LogP contribution is 2.21. The Morgan fingerprint density at radius 3 is 2.86 bits per heavy atom. The number of nitrogens with zero attached hydrogens (tertiary/aromatic N) is 1. The largest absolute Gasteiger partial charge is 0.313 e. The van der Waals surface area contributed by atoms with Gasteiger partial charge in [0.15, 0.2) is 0 Å². The van der Waals surface area contributed by atoms with E-state index in [4.69, 9.17) is 0 Å². The minimum Gasteiger partial charge on any atom is -0.313 e. The molecule has 1 N–H and O–H groups in total. The summed E-state index contributed by atoms with van der Waals surface area (Å²) in [7, 11) is 0. The van der Waals surface area contributed by atoms with Crippen molar-refractivity contribution in [1.82, 2.24) is 10.2 Å². The van der Waals surface area contributed by atoms with E-state index in [-0.39, 0.29) is 0 Å². The zero-order chi connectivity index (χ0) is 9.80. The summed E-state index contributed by atoms with van der Waals surface area (Å²) < 4.78 is 0. The third-order valence-electron chi connectivity index (χ3n) is 3.51. The SMILES string of the molecule is CCCC1CCN(CCNC2CC2)C1. The fourth-order valence-electron chi connectivity index (χ4n) is 2.47. The van der Waals surface area contributed by atoms with Crippen molar-refractivity contribution in [3.05, 3.63) is 0 Å². The van der Waals surface area contributed by atoms with Crippen LogP contribution in [0.15, 0.2) is 0 Å². The fraction of sp³-hybridized carbons (Fsp3) is 1.00. The van der Waals surface area contributed by atoms with Crippen LogP contribution in [0.25, 0.3) is 0 Å². The van der Waals surface area contributed by atoms with Gasteiger partial charge in [-0.3, -0.25) is 0 Å². The lowest BCUT2D eigenvalue weighted by Gasteiger charge is -2.15. The number of nitrogens with one attached hydrogen (secondary N) is 1. The molecule has 2 nitrogen and oxygen atoms in total. The second-order valence-corrected chi connectivity index (χ2v) is 4.97. The van der Waals surface area contributed by atoms with Gasteiger partial charge < -0.3 is 10.2 Å². The second-order valence-electron chi connectivity index (χ2n) is 4.97. The van der Waals surface area contributed by atoms with E-state index >= 15 is 0 Å². The molecule has 0 amide bonds. The van der Waals surface area contributed by atoms with Crippen molar-refractivity contribution in [1.29, 1.82) is 0 Å². The predicted octanol–water partition coefficient (Wildman–Crippen LogP) is 1.86. The van der Waals surface area contributed by atoms with E-state index < -0.39 is 0 Å². The van der Waals surface area contributed by atoms with E-state index in [1.54, 1.807) is 0 Å². The van der Waals surface area contributed by atoms with Crippen molar-refractivity contribution < 1.29 is 0 Å². The molecular weight excluding hydrogens is 172 g/mol. The molecule has 1 saturated heterocycles. The second kappa shape index (κ2) is 5.13. The predicted molar refractivity (Wildman–Crippen MR) is 60.5 cm³/mol. The van der Waals surface area contributed by atoms with Gasteiger partial charge >= 0.3 is 0 Å². The third-order valence-corrected chi connectivity index (χ3v) is 3.51. The first-order valence-corrected chi connectivity index (χ1v) is 6.34. The molecule has 0 aromatic carbocycles. The number of hydrogen-bond donors (Lipinski definition) is 1. The van der Waals surface area contributed by atoms with Crippen LogP contribution >= 0.6 is 0 Å². The summed E-state index contributed by atoms with van der Waals surface area (Å²) >= 11 is 0. The van der Waals surface area contributed by atoms with Crippen molar-refractivity contribution in [2.45, 2.75) is 45.1 Å². The molecule has 0 radical (unpaired) electrons. The van der Waals surface area contributed by atoms with Crippen molar-refractivity contribution in [3.63, 3.8) is 0 Å². The van der Waals surface area contributed by atoms with Gasteiger partial charge in [0.05, 0.1) is 0 Å². The smallest absolute Gasteiger partial charge is 0.0107 e. The number of hydrogen-bond acceptors (Lipinski definition) is 2. The highest BCUT2D eigenvalue weighted by molar-refractivity contribution is 4.82. The van der Waals surface area contributed by atoms with Gasteiger partial charge in [0, 0.05) is 25.7 Å². The van der Waals surface area contributed by atoms with Gasteiger partial charge in [-0.25, -0.2) is 0 Å². The van der Waals surface area contributed by atoms with E-state index in [0.717, 1.165) is 12.0 Å². The van der Waals surface area contributed by atoms with Gasteiger partial charge in [-0.1, -0.05) is 13.3 Å². The minimum atomic E-state index is 0.879. The highest BCUT2D eigenvalue weighted by atomic mass is 15.2. The van der Waals surface area contributed by atoms with E-state index in [1.807, 2.05) is 0 Å². The van der Waals surface area contributed by atoms with Crippen LogP contribution in [0.2, 0.25) is 0 Å². The molecule has 2 aliphatic rings. The van der Waals surface area contributed by atoms with Gasteiger partial charge in [-0.15, -0.1) is 0 Å². The highest BCUT2D eigenvalue weighted by Gasteiger charge is 2.23. The maximum atomic E-state index is 3.59. The lowest BCUT2D eigenvalue weighted by molar-refractivity contribution is 0.318. The molecule has 0 spiro atoms. The fourth-order valence-corrected chi connectivity index (χ4v) is 2.47. The van der Waals surface area contributed by atoms with Crippen LogP contribution < -0.4 is 5.32 Å².